The first-order valence-corrected chi connectivity index (χ1v) is 7.46. The number of rotatable bonds is 2. The fraction of sp³-hybridized carbons (Fsp3) is 0.923. The van der Waals surface area contributed by atoms with Crippen molar-refractivity contribution in [2.24, 2.45) is 10.7 Å². The Kier molecular flexibility index (Phi) is 8.53. The first-order valence-electron chi connectivity index (χ1n) is 7.46. The highest BCUT2D eigenvalue weighted by Gasteiger charge is 2.09. The summed E-state index contributed by atoms with van der Waals surface area (Å²) >= 11 is 0. The van der Waals surface area contributed by atoms with Crippen LogP contribution in [0.2, 0.25) is 0 Å². The van der Waals surface area contributed by atoms with E-state index in [-0.39, 0.29) is 17.3 Å². The molecule has 1 rings (SSSR count). The van der Waals surface area contributed by atoms with Crippen molar-refractivity contribution >= 4 is 5.96 Å². The minimum atomic E-state index is -0.159. The third-order valence-electron chi connectivity index (χ3n) is 3.61. The van der Waals surface area contributed by atoms with Crippen molar-refractivity contribution in [1.29, 1.82) is 0 Å². The number of aliphatic imine (C=N–C) groups is 1. The highest BCUT2D eigenvalue weighted by molar-refractivity contribution is 5.77. The van der Waals surface area contributed by atoms with Crippen LogP contribution >= 0.6 is 0 Å². The smallest absolute Gasteiger partial charge is 0.207 e. The SMILES string of the molecule is NC(=NC1CCCCCCCCCCC1)NN(O)O. The number of hydrazine groups is 1. The third kappa shape index (κ3) is 8.80. The molecule has 1 fully saturated rings. The number of nitrogens with zero attached hydrogens (tertiary/aromatic N) is 2. The molecule has 19 heavy (non-hydrogen) atoms. The van der Waals surface area contributed by atoms with E-state index in [0.717, 1.165) is 12.8 Å². The van der Waals surface area contributed by atoms with Gasteiger partial charge in [-0.1, -0.05) is 57.8 Å². The molecule has 0 atom stereocenters. The Morgan fingerprint density at radius 2 is 1.32 bits per heavy atom. The van der Waals surface area contributed by atoms with Crippen LogP contribution in [0.1, 0.15) is 70.6 Å². The second-order valence-electron chi connectivity index (χ2n) is 5.33. The van der Waals surface area contributed by atoms with Crippen LogP contribution in [0.4, 0.5) is 0 Å². The molecule has 0 aliphatic heterocycles. The number of nitrogens with one attached hydrogen (secondary N) is 1. The fourth-order valence-electron chi connectivity index (χ4n) is 2.60. The van der Waals surface area contributed by atoms with Crippen molar-refractivity contribution in [3.8, 4) is 0 Å². The summed E-state index contributed by atoms with van der Waals surface area (Å²) in [6.07, 6.45) is 13.6. The Hall–Kier alpha value is -0.850. The van der Waals surface area contributed by atoms with Crippen LogP contribution in [0.3, 0.4) is 0 Å². The second-order valence-corrected chi connectivity index (χ2v) is 5.33. The molecule has 1 aliphatic carbocycles. The van der Waals surface area contributed by atoms with Crippen LogP contribution in [0.5, 0.6) is 0 Å². The molecule has 0 spiro atoms. The van der Waals surface area contributed by atoms with Crippen molar-refractivity contribution in [3.05, 3.63) is 0 Å². The van der Waals surface area contributed by atoms with Crippen molar-refractivity contribution < 1.29 is 10.4 Å². The quantitative estimate of drug-likeness (QED) is 0.352. The van der Waals surface area contributed by atoms with Crippen LogP contribution in [0.15, 0.2) is 4.99 Å². The molecule has 112 valence electrons. The Bertz CT molecular complexity index is 247. The van der Waals surface area contributed by atoms with E-state index in [1.807, 2.05) is 0 Å². The zero-order valence-electron chi connectivity index (χ0n) is 11.7. The van der Waals surface area contributed by atoms with E-state index >= 15 is 0 Å². The van der Waals surface area contributed by atoms with Crippen LogP contribution in [0.25, 0.3) is 0 Å². The van der Waals surface area contributed by atoms with Gasteiger partial charge >= 0.3 is 0 Å². The minimum absolute atomic E-state index is 0.0575. The summed E-state index contributed by atoms with van der Waals surface area (Å²) in [4.78, 5) is 4.33. The van der Waals surface area contributed by atoms with Gasteiger partial charge < -0.3 is 5.73 Å². The van der Waals surface area contributed by atoms with Crippen LogP contribution in [0, 0.1) is 0 Å². The monoisotopic (exact) mass is 272 g/mol. The number of nitrogens with two attached hydrogens (primary N) is 1. The largest absolute Gasteiger partial charge is 0.369 e. The molecule has 0 aromatic heterocycles. The van der Waals surface area contributed by atoms with Gasteiger partial charge in [0.05, 0.1) is 6.04 Å². The maximum absolute atomic E-state index is 8.62. The molecule has 0 saturated heterocycles. The predicted molar refractivity (Wildman–Crippen MR) is 74.7 cm³/mol. The van der Waals surface area contributed by atoms with E-state index in [1.165, 1.54) is 57.8 Å². The van der Waals surface area contributed by atoms with Crippen molar-refractivity contribution in [2.45, 2.75) is 76.7 Å². The zero-order chi connectivity index (χ0) is 13.9. The Balaban J connectivity index is 2.41. The number of hydrogen-bond acceptors (Lipinski definition) is 4. The summed E-state index contributed by atoms with van der Waals surface area (Å²) in [5.41, 5.74) is 7.75. The number of guanidine groups is 1. The number of hydrogen-bond donors (Lipinski definition) is 4. The Morgan fingerprint density at radius 3 is 1.74 bits per heavy atom. The minimum Gasteiger partial charge on any atom is -0.369 e. The fourth-order valence-corrected chi connectivity index (χ4v) is 2.60. The van der Waals surface area contributed by atoms with Crippen LogP contribution in [-0.2, 0) is 0 Å². The summed E-state index contributed by atoms with van der Waals surface area (Å²) in [6.45, 7) is 0. The standard InChI is InChI=1S/C13H28N4O2/c14-13(16-17(18)19)15-12-10-8-6-4-2-1-3-5-7-9-11-12/h12,18-19H,1-11H2,(H3,14,15,16). The summed E-state index contributed by atoms with van der Waals surface area (Å²) in [5, 5.41) is 17.1. The highest BCUT2D eigenvalue weighted by Crippen LogP contribution is 2.18. The molecule has 0 radical (unpaired) electrons. The molecule has 0 amide bonds. The molecule has 5 N–H and O–H groups in total. The molecule has 1 saturated carbocycles. The van der Waals surface area contributed by atoms with E-state index in [1.54, 1.807) is 0 Å². The molecule has 0 heterocycles. The third-order valence-corrected chi connectivity index (χ3v) is 3.61. The summed E-state index contributed by atoms with van der Waals surface area (Å²) in [7, 11) is 0. The summed E-state index contributed by atoms with van der Waals surface area (Å²) < 4.78 is 0. The first kappa shape index (κ1) is 16.2. The van der Waals surface area contributed by atoms with Gasteiger partial charge in [-0.3, -0.25) is 10.4 Å². The van der Waals surface area contributed by atoms with E-state index in [0.29, 0.717) is 0 Å². The van der Waals surface area contributed by atoms with Gasteiger partial charge in [0.15, 0.2) is 0 Å². The maximum atomic E-state index is 8.62. The van der Waals surface area contributed by atoms with Gasteiger partial charge in [0.1, 0.15) is 0 Å². The lowest BCUT2D eigenvalue weighted by Gasteiger charge is -2.16. The van der Waals surface area contributed by atoms with Gasteiger partial charge in [-0.25, -0.2) is 10.4 Å². The molecule has 1 aliphatic rings. The average Bonchev–Trinajstić information content (AvgIpc) is 2.31. The lowest BCUT2D eigenvalue weighted by molar-refractivity contribution is -0.329. The van der Waals surface area contributed by atoms with E-state index in [4.69, 9.17) is 16.1 Å². The molecule has 6 nitrogen and oxygen atoms in total. The second kappa shape index (κ2) is 10.00. The van der Waals surface area contributed by atoms with Gasteiger partial charge in [0, 0.05) is 5.34 Å². The van der Waals surface area contributed by atoms with Gasteiger partial charge in [-0.15, -0.1) is 0 Å². The van der Waals surface area contributed by atoms with Crippen molar-refractivity contribution in [2.75, 3.05) is 0 Å². The molecular weight excluding hydrogens is 244 g/mol. The summed E-state index contributed by atoms with van der Waals surface area (Å²) in [5.74, 6) is 0.0575. The van der Waals surface area contributed by atoms with Crippen molar-refractivity contribution in [3.63, 3.8) is 0 Å². The molecule has 0 aromatic carbocycles. The maximum Gasteiger partial charge on any atom is 0.207 e. The Morgan fingerprint density at radius 1 is 0.895 bits per heavy atom. The first-order chi connectivity index (χ1) is 9.18. The lowest BCUT2D eigenvalue weighted by Crippen LogP contribution is -2.42. The summed E-state index contributed by atoms with van der Waals surface area (Å²) in [6, 6.07) is 0.187. The molecule has 6 heteroatoms. The van der Waals surface area contributed by atoms with Gasteiger partial charge in [0.2, 0.25) is 5.96 Å². The molecular formula is C13H28N4O2. The van der Waals surface area contributed by atoms with Gasteiger partial charge in [-0.2, -0.15) is 0 Å². The predicted octanol–water partition coefficient (Wildman–Crippen LogP) is 2.56. The van der Waals surface area contributed by atoms with Gasteiger partial charge in [-0.05, 0) is 12.8 Å². The average molecular weight is 272 g/mol. The van der Waals surface area contributed by atoms with E-state index in [2.05, 4.69) is 10.4 Å². The topological polar surface area (TPSA) is 94.1 Å². The van der Waals surface area contributed by atoms with Crippen LogP contribution in [-0.4, -0.2) is 27.8 Å². The highest BCUT2D eigenvalue weighted by atomic mass is 16.8. The van der Waals surface area contributed by atoms with E-state index < -0.39 is 0 Å². The van der Waals surface area contributed by atoms with E-state index in [9.17, 15) is 0 Å². The molecule has 0 aromatic rings. The van der Waals surface area contributed by atoms with Crippen molar-refractivity contribution in [1.82, 2.24) is 10.8 Å². The Labute approximate surface area is 115 Å². The zero-order valence-corrected chi connectivity index (χ0v) is 11.7. The lowest BCUT2D eigenvalue weighted by atomic mass is 9.98. The van der Waals surface area contributed by atoms with Crippen LogP contribution < -0.4 is 11.2 Å². The normalized spacial score (nSPS) is 21.7. The molecule has 0 unspecified atom stereocenters. The molecule has 0 bridgehead atoms. The van der Waals surface area contributed by atoms with Gasteiger partial charge in [0.25, 0.3) is 0 Å².